The molecule has 0 spiro atoms. The first-order valence-corrected chi connectivity index (χ1v) is 8.54. The number of rotatable bonds is 6. The second-order valence-electron chi connectivity index (χ2n) is 6.05. The van der Waals surface area contributed by atoms with Gasteiger partial charge in [-0.2, -0.15) is 0 Å². The predicted molar refractivity (Wildman–Crippen MR) is 90.6 cm³/mol. The Morgan fingerprint density at radius 1 is 1.33 bits per heavy atom. The Bertz CT molecular complexity index is 656. The van der Waals surface area contributed by atoms with Gasteiger partial charge in [-0.05, 0) is 31.9 Å². The van der Waals surface area contributed by atoms with Gasteiger partial charge in [0.25, 0.3) is 0 Å². The number of likely N-dealkylation sites (tertiary alicyclic amines) is 1. The van der Waals surface area contributed by atoms with Crippen molar-refractivity contribution in [1.29, 1.82) is 0 Å². The second kappa shape index (κ2) is 8.06. The van der Waals surface area contributed by atoms with Gasteiger partial charge in [0, 0.05) is 44.2 Å². The van der Waals surface area contributed by atoms with Crippen LogP contribution in [0.5, 0.6) is 0 Å². The van der Waals surface area contributed by atoms with Gasteiger partial charge in [-0.3, -0.25) is 9.78 Å². The molecule has 2 aromatic heterocycles. The molecule has 0 aromatic carbocycles. The molecule has 0 radical (unpaired) electrons. The Hall–Kier alpha value is -2.21. The van der Waals surface area contributed by atoms with Gasteiger partial charge in [-0.15, -0.1) is 0 Å². The average Bonchev–Trinajstić information content (AvgIpc) is 3.09. The summed E-state index contributed by atoms with van der Waals surface area (Å²) in [6.07, 6.45) is 7.68. The summed E-state index contributed by atoms with van der Waals surface area (Å²) >= 11 is 0. The topological polar surface area (TPSA) is 60.2 Å². The molecule has 0 aliphatic carbocycles. The van der Waals surface area contributed by atoms with Crippen LogP contribution in [0.25, 0.3) is 0 Å². The fraction of sp³-hybridized carbons (Fsp3) is 0.500. The maximum atomic E-state index is 12.2. The highest BCUT2D eigenvalue weighted by Crippen LogP contribution is 2.26. The summed E-state index contributed by atoms with van der Waals surface area (Å²) in [5.74, 6) is 1.38. The predicted octanol–water partition coefficient (Wildman–Crippen LogP) is 2.07. The number of piperidine rings is 1. The van der Waals surface area contributed by atoms with Crippen LogP contribution in [0.3, 0.4) is 0 Å². The lowest BCUT2D eigenvalue weighted by Crippen LogP contribution is -2.41. The molecular formula is C18H24N4O2. The molecule has 1 saturated heterocycles. The van der Waals surface area contributed by atoms with E-state index in [0.717, 1.165) is 30.9 Å². The van der Waals surface area contributed by atoms with Crippen LogP contribution in [0.2, 0.25) is 0 Å². The number of nitrogens with zero attached hydrogens (tertiary/aromatic N) is 4. The molecule has 1 fully saturated rings. The molecule has 128 valence electrons. The van der Waals surface area contributed by atoms with E-state index in [0.29, 0.717) is 19.7 Å². The van der Waals surface area contributed by atoms with Crippen molar-refractivity contribution in [3.8, 4) is 0 Å². The maximum Gasteiger partial charge on any atom is 0.248 e. The Labute approximate surface area is 142 Å². The summed E-state index contributed by atoms with van der Waals surface area (Å²) in [5.41, 5.74) is 1.01. The minimum absolute atomic E-state index is 0.0735. The SMILES string of the molecule is CCOCC(=O)N1CCC[C@H](c2nccn2Cc2ccccn2)C1. The van der Waals surface area contributed by atoms with Crippen molar-refractivity contribution in [2.24, 2.45) is 0 Å². The first-order valence-electron chi connectivity index (χ1n) is 8.54. The van der Waals surface area contributed by atoms with Gasteiger partial charge in [-0.25, -0.2) is 4.98 Å². The Morgan fingerprint density at radius 2 is 2.25 bits per heavy atom. The number of ether oxygens (including phenoxy) is 1. The summed E-state index contributed by atoms with van der Waals surface area (Å²) in [6.45, 7) is 4.87. The number of imidazole rings is 1. The first-order chi connectivity index (χ1) is 11.8. The third-order valence-corrected chi connectivity index (χ3v) is 4.38. The van der Waals surface area contributed by atoms with Crippen LogP contribution in [0, 0.1) is 0 Å². The van der Waals surface area contributed by atoms with Gasteiger partial charge in [0.15, 0.2) is 0 Å². The van der Waals surface area contributed by atoms with Crippen LogP contribution in [-0.4, -0.2) is 51.6 Å². The van der Waals surface area contributed by atoms with E-state index in [1.54, 1.807) is 6.20 Å². The van der Waals surface area contributed by atoms with Crippen LogP contribution in [-0.2, 0) is 16.1 Å². The molecule has 24 heavy (non-hydrogen) atoms. The van der Waals surface area contributed by atoms with Crippen molar-refractivity contribution in [1.82, 2.24) is 19.4 Å². The molecule has 3 heterocycles. The van der Waals surface area contributed by atoms with Gasteiger partial charge in [0.05, 0.1) is 12.2 Å². The Balaban J connectivity index is 1.68. The zero-order valence-corrected chi connectivity index (χ0v) is 14.1. The maximum absolute atomic E-state index is 12.2. The molecule has 2 aromatic rings. The zero-order chi connectivity index (χ0) is 16.8. The van der Waals surface area contributed by atoms with Crippen LogP contribution < -0.4 is 0 Å². The third kappa shape index (κ3) is 4.00. The lowest BCUT2D eigenvalue weighted by atomic mass is 9.97. The number of aromatic nitrogens is 3. The molecular weight excluding hydrogens is 304 g/mol. The van der Waals surface area contributed by atoms with Crippen molar-refractivity contribution in [2.45, 2.75) is 32.2 Å². The minimum Gasteiger partial charge on any atom is -0.372 e. The molecule has 0 N–H and O–H groups in total. The van der Waals surface area contributed by atoms with E-state index >= 15 is 0 Å². The molecule has 1 aliphatic heterocycles. The number of hydrogen-bond acceptors (Lipinski definition) is 4. The summed E-state index contributed by atoms with van der Waals surface area (Å²) < 4.78 is 7.40. The summed E-state index contributed by atoms with van der Waals surface area (Å²) in [4.78, 5) is 23.1. The minimum atomic E-state index is 0.0735. The van der Waals surface area contributed by atoms with Gasteiger partial charge in [-0.1, -0.05) is 6.07 Å². The van der Waals surface area contributed by atoms with Crippen LogP contribution >= 0.6 is 0 Å². The quantitative estimate of drug-likeness (QED) is 0.814. The largest absolute Gasteiger partial charge is 0.372 e. The van der Waals surface area contributed by atoms with Crippen molar-refractivity contribution >= 4 is 5.91 Å². The smallest absolute Gasteiger partial charge is 0.248 e. The summed E-state index contributed by atoms with van der Waals surface area (Å²) in [7, 11) is 0. The van der Waals surface area contributed by atoms with Gasteiger partial charge in [0.1, 0.15) is 12.4 Å². The van der Waals surface area contributed by atoms with Crippen molar-refractivity contribution in [3.05, 3.63) is 48.3 Å². The molecule has 1 amide bonds. The monoisotopic (exact) mass is 328 g/mol. The normalized spacial score (nSPS) is 17.9. The van der Waals surface area contributed by atoms with E-state index in [1.807, 2.05) is 42.4 Å². The molecule has 1 atom stereocenters. The number of pyridine rings is 1. The second-order valence-corrected chi connectivity index (χ2v) is 6.05. The molecule has 6 heteroatoms. The Morgan fingerprint density at radius 3 is 3.04 bits per heavy atom. The third-order valence-electron chi connectivity index (χ3n) is 4.38. The highest BCUT2D eigenvalue weighted by molar-refractivity contribution is 5.77. The fourth-order valence-corrected chi connectivity index (χ4v) is 3.18. The number of amides is 1. The summed E-state index contributed by atoms with van der Waals surface area (Å²) in [5, 5.41) is 0. The lowest BCUT2D eigenvalue weighted by molar-refractivity contribution is -0.137. The molecule has 1 aliphatic rings. The summed E-state index contributed by atoms with van der Waals surface area (Å²) in [6, 6.07) is 5.93. The molecule has 6 nitrogen and oxygen atoms in total. The van der Waals surface area contributed by atoms with Gasteiger partial charge < -0.3 is 14.2 Å². The zero-order valence-electron chi connectivity index (χ0n) is 14.1. The molecule has 0 bridgehead atoms. The lowest BCUT2D eigenvalue weighted by Gasteiger charge is -2.32. The van der Waals surface area contributed by atoms with Crippen LogP contribution in [0.4, 0.5) is 0 Å². The molecule has 0 unspecified atom stereocenters. The van der Waals surface area contributed by atoms with E-state index in [1.165, 1.54) is 0 Å². The van der Waals surface area contributed by atoms with Crippen molar-refractivity contribution < 1.29 is 9.53 Å². The van der Waals surface area contributed by atoms with E-state index in [2.05, 4.69) is 14.5 Å². The highest BCUT2D eigenvalue weighted by Gasteiger charge is 2.27. The van der Waals surface area contributed by atoms with E-state index in [-0.39, 0.29) is 18.4 Å². The average molecular weight is 328 g/mol. The fourth-order valence-electron chi connectivity index (χ4n) is 3.18. The standard InChI is InChI=1S/C18H24N4O2/c1-2-24-14-17(23)21-10-5-6-15(12-21)18-20-9-11-22(18)13-16-7-3-4-8-19-16/h3-4,7-9,11,15H,2,5-6,10,12-14H2,1H3/t15-/m0/s1. The van der Waals surface area contributed by atoms with Crippen molar-refractivity contribution in [2.75, 3.05) is 26.3 Å². The Kier molecular flexibility index (Phi) is 5.59. The highest BCUT2D eigenvalue weighted by atomic mass is 16.5. The number of hydrogen-bond donors (Lipinski definition) is 0. The number of carbonyl (C=O) groups excluding carboxylic acids is 1. The van der Waals surface area contributed by atoms with E-state index in [9.17, 15) is 4.79 Å². The van der Waals surface area contributed by atoms with Crippen LogP contribution in [0.1, 0.15) is 37.2 Å². The molecule has 0 saturated carbocycles. The first kappa shape index (κ1) is 16.6. The number of carbonyl (C=O) groups is 1. The van der Waals surface area contributed by atoms with Gasteiger partial charge >= 0.3 is 0 Å². The van der Waals surface area contributed by atoms with Crippen molar-refractivity contribution in [3.63, 3.8) is 0 Å². The molecule has 3 rings (SSSR count). The van der Waals surface area contributed by atoms with E-state index in [4.69, 9.17) is 4.74 Å². The van der Waals surface area contributed by atoms with E-state index < -0.39 is 0 Å². The van der Waals surface area contributed by atoms with Gasteiger partial charge in [0.2, 0.25) is 5.91 Å². The van der Waals surface area contributed by atoms with Crippen LogP contribution in [0.15, 0.2) is 36.8 Å².